The topological polar surface area (TPSA) is 66.6 Å². The summed E-state index contributed by atoms with van der Waals surface area (Å²) in [7, 11) is 0. The normalized spacial score (nSPS) is 24.9. The zero-order valence-corrected chi connectivity index (χ0v) is 11.6. The Bertz CT molecular complexity index is 295. The molecule has 2 aliphatic rings. The Hall–Kier alpha value is -0.610. The maximum Gasteiger partial charge on any atom is 0.323 e. The first-order valence-corrected chi connectivity index (χ1v) is 7.15. The van der Waals surface area contributed by atoms with Gasteiger partial charge in [-0.05, 0) is 57.8 Å². The molecule has 0 aromatic heterocycles. The number of hydrogen-bond acceptors (Lipinski definition) is 3. The van der Waals surface area contributed by atoms with Crippen molar-refractivity contribution in [1.82, 2.24) is 4.90 Å². The number of carboxylic acids is 1. The van der Waals surface area contributed by atoms with E-state index in [1.807, 2.05) is 0 Å². The summed E-state index contributed by atoms with van der Waals surface area (Å²) in [5.41, 5.74) is 4.76. The number of nitrogens with two attached hydrogens (primary N) is 1. The molecule has 0 bridgehead atoms. The van der Waals surface area contributed by atoms with Crippen LogP contribution < -0.4 is 5.73 Å². The van der Waals surface area contributed by atoms with E-state index in [0.29, 0.717) is 6.42 Å². The molecule has 4 nitrogen and oxygen atoms in total. The van der Waals surface area contributed by atoms with Gasteiger partial charge in [0.2, 0.25) is 0 Å². The smallest absolute Gasteiger partial charge is 0.323 e. The Morgan fingerprint density at radius 2 is 1.78 bits per heavy atom. The lowest BCUT2D eigenvalue weighted by Crippen LogP contribution is -2.50. The van der Waals surface area contributed by atoms with Crippen LogP contribution in [0.2, 0.25) is 0 Å². The molecule has 2 rings (SSSR count). The highest BCUT2D eigenvalue weighted by Gasteiger charge is 2.35. The van der Waals surface area contributed by atoms with E-state index in [1.54, 1.807) is 6.92 Å². The van der Waals surface area contributed by atoms with E-state index >= 15 is 0 Å². The van der Waals surface area contributed by atoms with Crippen molar-refractivity contribution in [2.24, 2.45) is 17.6 Å². The second-order valence-electron chi connectivity index (χ2n) is 6.62. The van der Waals surface area contributed by atoms with Gasteiger partial charge in [0.25, 0.3) is 0 Å². The Kier molecular flexibility index (Phi) is 3.97. The Labute approximate surface area is 110 Å². The largest absolute Gasteiger partial charge is 0.480 e. The lowest BCUT2D eigenvalue weighted by molar-refractivity contribution is -0.143. The minimum atomic E-state index is -1.11. The molecule has 3 N–H and O–H groups in total. The predicted octanol–water partition coefficient (Wildman–Crippen LogP) is 1.69. The van der Waals surface area contributed by atoms with E-state index in [0.717, 1.165) is 24.9 Å². The van der Waals surface area contributed by atoms with Crippen LogP contribution in [0.4, 0.5) is 0 Å². The Balaban J connectivity index is 1.88. The molecule has 104 valence electrons. The number of hydrogen-bond donors (Lipinski definition) is 2. The van der Waals surface area contributed by atoms with Gasteiger partial charge in [0.1, 0.15) is 5.54 Å². The van der Waals surface area contributed by atoms with Gasteiger partial charge in [-0.15, -0.1) is 0 Å². The first kappa shape index (κ1) is 13.8. The van der Waals surface area contributed by atoms with E-state index in [-0.39, 0.29) is 6.04 Å². The van der Waals surface area contributed by atoms with Gasteiger partial charge < -0.3 is 15.7 Å². The molecule has 18 heavy (non-hydrogen) atoms. The zero-order chi connectivity index (χ0) is 13.3. The molecule has 0 amide bonds. The summed E-state index contributed by atoms with van der Waals surface area (Å²) in [6.07, 6.45) is 5.89. The standard InChI is InChI=1S/C14H26N2O2/c1-10(7-14(2,15)13(17)18)16(8-11-3-4-11)9-12-5-6-12/h10-12H,3-9,15H2,1-2H3,(H,17,18). The second-order valence-corrected chi connectivity index (χ2v) is 6.62. The van der Waals surface area contributed by atoms with Gasteiger partial charge in [0.05, 0.1) is 0 Å². The number of aliphatic carboxylic acids is 1. The summed E-state index contributed by atoms with van der Waals surface area (Å²) in [6.45, 7) is 6.01. The average Bonchev–Trinajstić information content (AvgIpc) is 3.09. The average molecular weight is 254 g/mol. The Morgan fingerprint density at radius 1 is 1.33 bits per heavy atom. The van der Waals surface area contributed by atoms with Gasteiger partial charge >= 0.3 is 5.97 Å². The number of rotatable bonds is 8. The lowest BCUT2D eigenvalue weighted by Gasteiger charge is -2.33. The molecule has 0 radical (unpaired) electrons. The molecular formula is C14H26N2O2. The molecule has 2 aliphatic carbocycles. The van der Waals surface area contributed by atoms with Crippen LogP contribution in [-0.4, -0.2) is 40.6 Å². The third-order valence-corrected chi connectivity index (χ3v) is 4.21. The van der Waals surface area contributed by atoms with Gasteiger partial charge in [0, 0.05) is 19.1 Å². The molecule has 2 unspecified atom stereocenters. The molecule has 0 aromatic rings. The molecular weight excluding hydrogens is 228 g/mol. The molecule has 0 heterocycles. The van der Waals surface area contributed by atoms with Gasteiger partial charge in [-0.3, -0.25) is 4.79 Å². The van der Waals surface area contributed by atoms with E-state index in [2.05, 4.69) is 11.8 Å². The number of carbonyl (C=O) groups is 1. The minimum Gasteiger partial charge on any atom is -0.480 e. The van der Waals surface area contributed by atoms with Gasteiger partial charge in [-0.25, -0.2) is 0 Å². The van der Waals surface area contributed by atoms with Crippen LogP contribution in [0.15, 0.2) is 0 Å². The molecule has 0 aliphatic heterocycles. The van der Waals surface area contributed by atoms with Gasteiger partial charge in [0.15, 0.2) is 0 Å². The third kappa shape index (κ3) is 3.95. The molecule has 0 saturated heterocycles. The van der Waals surface area contributed by atoms with Crippen LogP contribution in [-0.2, 0) is 4.79 Å². The van der Waals surface area contributed by atoms with E-state index < -0.39 is 11.5 Å². The Morgan fingerprint density at radius 3 is 2.11 bits per heavy atom. The summed E-state index contributed by atoms with van der Waals surface area (Å²) in [5.74, 6) is 0.798. The summed E-state index contributed by atoms with van der Waals surface area (Å²) in [5, 5.41) is 9.12. The first-order valence-electron chi connectivity index (χ1n) is 7.15. The van der Waals surface area contributed by atoms with Crippen molar-refractivity contribution in [3.63, 3.8) is 0 Å². The molecule has 2 saturated carbocycles. The summed E-state index contributed by atoms with van der Waals surface area (Å²) in [4.78, 5) is 13.6. The maximum absolute atomic E-state index is 11.1. The van der Waals surface area contributed by atoms with Crippen molar-refractivity contribution in [3.8, 4) is 0 Å². The van der Waals surface area contributed by atoms with Crippen molar-refractivity contribution in [1.29, 1.82) is 0 Å². The molecule has 2 fully saturated rings. The van der Waals surface area contributed by atoms with E-state index in [1.165, 1.54) is 25.7 Å². The van der Waals surface area contributed by atoms with Crippen LogP contribution in [0, 0.1) is 11.8 Å². The minimum absolute atomic E-state index is 0.261. The van der Waals surface area contributed by atoms with Crippen molar-refractivity contribution < 1.29 is 9.90 Å². The predicted molar refractivity (Wildman–Crippen MR) is 71.3 cm³/mol. The van der Waals surface area contributed by atoms with Crippen LogP contribution in [0.1, 0.15) is 46.0 Å². The highest BCUT2D eigenvalue weighted by molar-refractivity contribution is 5.77. The molecule has 2 atom stereocenters. The highest BCUT2D eigenvalue weighted by Crippen LogP contribution is 2.35. The monoisotopic (exact) mass is 254 g/mol. The molecule has 4 heteroatoms. The van der Waals surface area contributed by atoms with Gasteiger partial charge in [-0.2, -0.15) is 0 Å². The first-order chi connectivity index (χ1) is 8.38. The SMILES string of the molecule is CC(CC(C)(N)C(=O)O)N(CC1CC1)CC1CC1. The fraction of sp³-hybridized carbons (Fsp3) is 0.929. The maximum atomic E-state index is 11.1. The van der Waals surface area contributed by atoms with Crippen molar-refractivity contribution in [2.75, 3.05) is 13.1 Å². The quantitative estimate of drug-likeness (QED) is 0.692. The molecule has 0 aromatic carbocycles. The fourth-order valence-corrected chi connectivity index (χ4v) is 2.53. The van der Waals surface area contributed by atoms with Crippen molar-refractivity contribution >= 4 is 5.97 Å². The molecule has 0 spiro atoms. The van der Waals surface area contributed by atoms with Crippen LogP contribution in [0.5, 0.6) is 0 Å². The zero-order valence-electron chi connectivity index (χ0n) is 11.6. The number of nitrogens with zero attached hydrogens (tertiary/aromatic N) is 1. The highest BCUT2D eigenvalue weighted by atomic mass is 16.4. The van der Waals surface area contributed by atoms with Crippen LogP contribution >= 0.6 is 0 Å². The fourth-order valence-electron chi connectivity index (χ4n) is 2.53. The lowest BCUT2D eigenvalue weighted by atomic mass is 9.94. The van der Waals surface area contributed by atoms with Crippen molar-refractivity contribution in [2.45, 2.75) is 57.5 Å². The third-order valence-electron chi connectivity index (χ3n) is 4.21. The van der Waals surface area contributed by atoms with Gasteiger partial charge in [-0.1, -0.05) is 0 Å². The number of carboxylic acid groups (broad SMARTS) is 1. The van der Waals surface area contributed by atoms with Crippen LogP contribution in [0.3, 0.4) is 0 Å². The van der Waals surface area contributed by atoms with Crippen LogP contribution in [0.25, 0.3) is 0 Å². The summed E-state index contributed by atoms with van der Waals surface area (Å²) in [6, 6.07) is 0.261. The second kappa shape index (κ2) is 5.17. The summed E-state index contributed by atoms with van der Waals surface area (Å²) >= 11 is 0. The van der Waals surface area contributed by atoms with E-state index in [4.69, 9.17) is 10.8 Å². The van der Waals surface area contributed by atoms with E-state index in [9.17, 15) is 4.79 Å². The van der Waals surface area contributed by atoms with Crippen molar-refractivity contribution in [3.05, 3.63) is 0 Å². The summed E-state index contributed by atoms with van der Waals surface area (Å²) < 4.78 is 0.